The Hall–Kier alpha value is -5.45. The summed E-state index contributed by atoms with van der Waals surface area (Å²) in [6.07, 6.45) is -0.478. The molecule has 0 radical (unpaired) electrons. The first-order valence-electron chi connectivity index (χ1n) is 14.5. The summed E-state index contributed by atoms with van der Waals surface area (Å²) < 4.78 is 25.3. The third-order valence-electron chi connectivity index (χ3n) is 7.58. The predicted octanol–water partition coefficient (Wildman–Crippen LogP) is 1.45. The molecule has 240 valence electrons. The smallest absolute Gasteiger partial charge is 0.326 e. The Morgan fingerprint density at radius 2 is 1.74 bits per heavy atom. The summed E-state index contributed by atoms with van der Waals surface area (Å²) in [6, 6.07) is 8.50. The van der Waals surface area contributed by atoms with Crippen molar-refractivity contribution in [2.24, 2.45) is 0 Å². The van der Waals surface area contributed by atoms with Crippen LogP contribution in [-0.4, -0.2) is 101 Å². The Balaban J connectivity index is 1.49. The molecule has 2 aliphatic heterocycles. The van der Waals surface area contributed by atoms with Gasteiger partial charge < -0.3 is 29.0 Å². The summed E-state index contributed by atoms with van der Waals surface area (Å²) in [5, 5.41) is 18.4. The number of aliphatic carboxylic acids is 1. The van der Waals surface area contributed by atoms with Crippen molar-refractivity contribution in [2.75, 3.05) is 18.1 Å². The molecule has 0 spiro atoms. The molecule has 1 N–H and O–H groups in total. The maximum absolute atomic E-state index is 12.2. The molecule has 0 aliphatic carbocycles. The van der Waals surface area contributed by atoms with Crippen LogP contribution in [0.1, 0.15) is 39.8 Å². The van der Waals surface area contributed by atoms with Crippen LogP contribution in [-0.2, 0) is 38.1 Å². The molecular formula is C29H30N8O9. The van der Waals surface area contributed by atoms with E-state index in [2.05, 4.69) is 15.3 Å². The Bertz CT molecular complexity index is 1790. The van der Waals surface area contributed by atoms with Gasteiger partial charge in [-0.15, -0.1) is 5.10 Å². The van der Waals surface area contributed by atoms with Gasteiger partial charge >= 0.3 is 23.9 Å². The van der Waals surface area contributed by atoms with Gasteiger partial charge in [-0.25, -0.2) is 9.78 Å². The van der Waals surface area contributed by atoms with Gasteiger partial charge in [0.05, 0.1) is 12.5 Å². The lowest BCUT2D eigenvalue weighted by atomic mass is 10.1. The SMILES string of the molecule is CC(=O)OC[C@H]1O[C@@H](n2cnc3c(N4CCC[C@H]4C(=O)O)nc(-n4cc(-c5ccccc5)nn4)nc32)[C@H](OC(C)=O)[C@@H]1OC(C)=O. The molecule has 2 fully saturated rings. The molecule has 1 aromatic carbocycles. The zero-order chi connectivity index (χ0) is 32.5. The van der Waals surface area contributed by atoms with Crippen LogP contribution in [0.3, 0.4) is 0 Å². The van der Waals surface area contributed by atoms with Crippen molar-refractivity contribution in [3.8, 4) is 17.2 Å². The van der Waals surface area contributed by atoms with Crippen LogP contribution in [0, 0.1) is 0 Å². The highest BCUT2D eigenvalue weighted by molar-refractivity contribution is 5.88. The van der Waals surface area contributed by atoms with Crippen molar-refractivity contribution in [1.29, 1.82) is 0 Å². The molecule has 5 heterocycles. The topological polar surface area (TPSA) is 203 Å². The molecule has 5 atom stereocenters. The first-order valence-corrected chi connectivity index (χ1v) is 14.5. The molecule has 3 aromatic heterocycles. The monoisotopic (exact) mass is 634 g/mol. The number of hydrogen-bond acceptors (Lipinski definition) is 14. The summed E-state index contributed by atoms with van der Waals surface area (Å²) in [4.78, 5) is 63.7. The maximum atomic E-state index is 12.2. The molecule has 0 amide bonds. The Kier molecular flexibility index (Phi) is 8.31. The third kappa shape index (κ3) is 5.95. The summed E-state index contributed by atoms with van der Waals surface area (Å²) in [7, 11) is 0. The van der Waals surface area contributed by atoms with Gasteiger partial charge in [-0.1, -0.05) is 35.5 Å². The number of benzene rings is 1. The number of anilines is 1. The van der Waals surface area contributed by atoms with Crippen molar-refractivity contribution in [3.05, 3.63) is 42.9 Å². The number of hydrogen-bond donors (Lipinski definition) is 1. The number of rotatable bonds is 9. The average Bonchev–Trinajstić information content (AvgIpc) is 3.82. The fraction of sp³-hybridized carbons (Fsp3) is 0.414. The van der Waals surface area contributed by atoms with E-state index in [1.807, 2.05) is 30.3 Å². The van der Waals surface area contributed by atoms with Crippen LogP contribution in [0.25, 0.3) is 28.4 Å². The van der Waals surface area contributed by atoms with Crippen LogP contribution in [0.15, 0.2) is 42.9 Å². The quantitative estimate of drug-likeness (QED) is 0.204. The number of ether oxygens (including phenoxy) is 4. The summed E-state index contributed by atoms with van der Waals surface area (Å²) in [5.41, 5.74) is 1.79. The van der Waals surface area contributed by atoms with Crippen molar-refractivity contribution in [3.63, 3.8) is 0 Å². The van der Waals surface area contributed by atoms with Crippen molar-refractivity contribution in [1.82, 2.24) is 34.5 Å². The molecule has 17 heteroatoms. The second-order valence-electron chi connectivity index (χ2n) is 10.8. The van der Waals surface area contributed by atoms with Crippen LogP contribution in [0.5, 0.6) is 0 Å². The van der Waals surface area contributed by atoms with Gasteiger partial charge in [-0.2, -0.15) is 14.6 Å². The largest absolute Gasteiger partial charge is 0.480 e. The maximum Gasteiger partial charge on any atom is 0.326 e. The van der Waals surface area contributed by atoms with E-state index in [1.165, 1.54) is 36.3 Å². The lowest BCUT2D eigenvalue weighted by molar-refractivity contribution is -0.166. The minimum absolute atomic E-state index is 0.0602. The lowest BCUT2D eigenvalue weighted by Crippen LogP contribution is -2.40. The normalized spacial score (nSPS) is 22.6. The molecule has 6 rings (SSSR count). The number of carboxylic acids is 1. The fourth-order valence-corrected chi connectivity index (χ4v) is 5.68. The zero-order valence-electron chi connectivity index (χ0n) is 25.0. The molecular weight excluding hydrogens is 604 g/mol. The molecule has 17 nitrogen and oxygen atoms in total. The van der Waals surface area contributed by atoms with Gasteiger partial charge in [0.15, 0.2) is 35.4 Å². The molecule has 4 aromatic rings. The van der Waals surface area contributed by atoms with Crippen LogP contribution < -0.4 is 4.90 Å². The highest BCUT2D eigenvalue weighted by Gasteiger charge is 2.51. The molecule has 46 heavy (non-hydrogen) atoms. The van der Waals surface area contributed by atoms with E-state index in [0.717, 1.165) is 5.56 Å². The van der Waals surface area contributed by atoms with Crippen LogP contribution in [0.4, 0.5) is 5.82 Å². The molecule has 0 unspecified atom stereocenters. The number of imidazole rings is 1. The molecule has 0 saturated carbocycles. The van der Waals surface area contributed by atoms with E-state index in [4.69, 9.17) is 28.9 Å². The average molecular weight is 635 g/mol. The third-order valence-corrected chi connectivity index (χ3v) is 7.58. The van der Waals surface area contributed by atoms with E-state index in [0.29, 0.717) is 25.1 Å². The van der Waals surface area contributed by atoms with Gasteiger partial charge in [0.1, 0.15) is 24.4 Å². The highest BCUT2D eigenvalue weighted by atomic mass is 16.7. The van der Waals surface area contributed by atoms with Gasteiger partial charge in [0.25, 0.3) is 5.95 Å². The number of fused-ring (bicyclic) bond motifs is 1. The van der Waals surface area contributed by atoms with E-state index >= 15 is 0 Å². The predicted molar refractivity (Wildman–Crippen MR) is 155 cm³/mol. The second kappa shape index (κ2) is 12.5. The molecule has 0 bridgehead atoms. The minimum atomic E-state index is -1.20. The van der Waals surface area contributed by atoms with E-state index in [-0.39, 0.29) is 29.5 Å². The summed E-state index contributed by atoms with van der Waals surface area (Å²) >= 11 is 0. The first kappa shape index (κ1) is 30.6. The highest BCUT2D eigenvalue weighted by Crippen LogP contribution is 2.38. The van der Waals surface area contributed by atoms with Crippen molar-refractivity contribution in [2.45, 2.75) is 64.2 Å². The van der Waals surface area contributed by atoms with Crippen molar-refractivity contribution < 1.29 is 43.2 Å². The van der Waals surface area contributed by atoms with Crippen LogP contribution >= 0.6 is 0 Å². The van der Waals surface area contributed by atoms with E-state index in [1.54, 1.807) is 11.1 Å². The Labute approximate surface area is 261 Å². The Morgan fingerprint density at radius 1 is 1.00 bits per heavy atom. The van der Waals surface area contributed by atoms with Crippen molar-refractivity contribution >= 4 is 40.9 Å². The molecule has 2 saturated heterocycles. The standard InChI is InChI=1S/C29H30N8O9/c1-15(38)43-13-21-23(44-16(2)39)24(45-17(3)40)27(46-21)36-14-30-22-25(35-11-7-10-20(35)28(41)42)31-29(32-26(22)36)37-12-19(33-34-37)18-8-5-4-6-9-18/h4-6,8-9,12,14,20-21,23-24,27H,7,10-11,13H2,1-3H3,(H,41,42)/t20-,21+,23+,24+,27+/m0/s1. The number of aromatic nitrogens is 7. The summed E-state index contributed by atoms with van der Waals surface area (Å²) in [6.45, 7) is 3.71. The number of carboxylic acid groups (broad SMARTS) is 1. The first-order chi connectivity index (χ1) is 22.1. The second-order valence-corrected chi connectivity index (χ2v) is 10.8. The number of nitrogens with zero attached hydrogens (tertiary/aromatic N) is 8. The lowest BCUT2D eigenvalue weighted by Gasteiger charge is -2.24. The van der Waals surface area contributed by atoms with Gasteiger partial charge in [-0.05, 0) is 12.8 Å². The minimum Gasteiger partial charge on any atom is -0.480 e. The summed E-state index contributed by atoms with van der Waals surface area (Å²) in [5.74, 6) is -2.64. The van der Waals surface area contributed by atoms with Gasteiger partial charge in [0, 0.05) is 32.9 Å². The van der Waals surface area contributed by atoms with Gasteiger partial charge in [0.2, 0.25) is 0 Å². The fourth-order valence-electron chi connectivity index (χ4n) is 5.68. The number of esters is 3. The number of carbonyl (C=O) groups is 4. The van der Waals surface area contributed by atoms with E-state index in [9.17, 15) is 24.3 Å². The van der Waals surface area contributed by atoms with Gasteiger partial charge in [-0.3, -0.25) is 19.0 Å². The number of carbonyl (C=O) groups excluding carboxylic acids is 3. The van der Waals surface area contributed by atoms with E-state index < -0.39 is 54.5 Å². The zero-order valence-corrected chi connectivity index (χ0v) is 25.0. The van der Waals surface area contributed by atoms with Crippen LogP contribution in [0.2, 0.25) is 0 Å². The molecule has 2 aliphatic rings. The Morgan fingerprint density at radius 3 is 2.43 bits per heavy atom.